The largest absolute Gasteiger partial charge is 0.450 e. The number of rotatable bonds is 5. The summed E-state index contributed by atoms with van der Waals surface area (Å²) in [4.78, 5) is 22.0. The predicted molar refractivity (Wildman–Crippen MR) is 122 cm³/mol. The second kappa shape index (κ2) is 11.0. The molecule has 1 saturated heterocycles. The first kappa shape index (κ1) is 23.0. The lowest BCUT2D eigenvalue weighted by Gasteiger charge is -2.31. The van der Waals surface area contributed by atoms with Gasteiger partial charge < -0.3 is 25.1 Å². The lowest BCUT2D eigenvalue weighted by molar-refractivity contribution is 0.0963. The third kappa shape index (κ3) is 6.62. The number of hydrogen-bond acceptors (Lipinski definition) is 5. The van der Waals surface area contributed by atoms with Gasteiger partial charge >= 0.3 is 6.09 Å². The number of amides is 1. The van der Waals surface area contributed by atoms with Gasteiger partial charge in [-0.05, 0) is 26.7 Å². The van der Waals surface area contributed by atoms with Crippen LogP contribution in [0.1, 0.15) is 31.2 Å². The van der Waals surface area contributed by atoms with E-state index in [2.05, 4.69) is 15.3 Å². The minimum Gasteiger partial charge on any atom is -0.450 e. The average molecular weight is 513 g/mol. The van der Waals surface area contributed by atoms with Crippen LogP contribution in [0.2, 0.25) is 0 Å². The fraction of sp³-hybridized carbons (Fsp3) is 0.450. The first-order chi connectivity index (χ1) is 13.5. The summed E-state index contributed by atoms with van der Waals surface area (Å²) in [6, 6.07) is 8.25. The van der Waals surface area contributed by atoms with E-state index in [0.717, 1.165) is 18.4 Å². The van der Waals surface area contributed by atoms with Gasteiger partial charge in [0.05, 0.1) is 12.8 Å². The van der Waals surface area contributed by atoms with Crippen LogP contribution in [0, 0.1) is 6.92 Å². The van der Waals surface area contributed by atoms with Crippen molar-refractivity contribution in [2.75, 3.05) is 19.7 Å². The molecule has 2 heterocycles. The highest BCUT2D eigenvalue weighted by molar-refractivity contribution is 14.0. The Morgan fingerprint density at radius 3 is 2.69 bits per heavy atom. The Morgan fingerprint density at radius 2 is 2.03 bits per heavy atom. The number of carbonyl (C=O) groups excluding carboxylic acids is 1. The minimum atomic E-state index is -0.254. The van der Waals surface area contributed by atoms with Gasteiger partial charge in [0.1, 0.15) is 6.54 Å². The number of nitrogens with zero attached hydrogens (tertiary/aromatic N) is 3. The van der Waals surface area contributed by atoms with Crippen LogP contribution in [0.3, 0.4) is 0 Å². The van der Waals surface area contributed by atoms with Crippen molar-refractivity contribution in [1.82, 2.24) is 15.2 Å². The van der Waals surface area contributed by atoms with Gasteiger partial charge in [-0.3, -0.25) is 0 Å². The van der Waals surface area contributed by atoms with Crippen molar-refractivity contribution in [2.24, 2.45) is 10.7 Å². The van der Waals surface area contributed by atoms with E-state index in [0.29, 0.717) is 37.3 Å². The van der Waals surface area contributed by atoms with E-state index in [9.17, 15) is 4.79 Å². The fourth-order valence-corrected chi connectivity index (χ4v) is 3.06. The smallest absolute Gasteiger partial charge is 0.409 e. The highest BCUT2D eigenvalue weighted by Gasteiger charge is 2.23. The predicted octanol–water partition coefficient (Wildman–Crippen LogP) is 3.29. The second-order valence-electron chi connectivity index (χ2n) is 6.79. The van der Waals surface area contributed by atoms with E-state index in [1.54, 1.807) is 18.0 Å². The number of oxazole rings is 1. The van der Waals surface area contributed by atoms with Crippen molar-refractivity contribution >= 4 is 36.0 Å². The van der Waals surface area contributed by atoms with Crippen molar-refractivity contribution < 1.29 is 13.9 Å². The molecule has 3 rings (SSSR count). The maximum Gasteiger partial charge on any atom is 0.409 e. The number of carbonyl (C=O) groups is 1. The molecule has 1 aromatic heterocycles. The van der Waals surface area contributed by atoms with Crippen molar-refractivity contribution in [3.05, 3.63) is 41.9 Å². The number of guanidine groups is 1. The Hall–Kier alpha value is -2.30. The number of nitrogens with two attached hydrogens (primary N) is 1. The van der Waals surface area contributed by atoms with Crippen LogP contribution in [0.15, 0.2) is 39.9 Å². The molecule has 1 aliphatic rings. The maximum absolute atomic E-state index is 11.7. The zero-order valence-corrected chi connectivity index (χ0v) is 19.1. The Labute approximate surface area is 187 Å². The van der Waals surface area contributed by atoms with Gasteiger partial charge in [0.15, 0.2) is 11.7 Å². The maximum atomic E-state index is 11.7. The molecule has 0 spiro atoms. The summed E-state index contributed by atoms with van der Waals surface area (Å²) in [6.07, 6.45) is 3.04. The quantitative estimate of drug-likeness (QED) is 0.361. The zero-order valence-electron chi connectivity index (χ0n) is 16.8. The lowest BCUT2D eigenvalue weighted by atomic mass is 10.1. The number of aryl methyl sites for hydroxylation is 1. The summed E-state index contributed by atoms with van der Waals surface area (Å²) in [5.74, 6) is 1.57. The normalized spacial score (nSPS) is 15.0. The van der Waals surface area contributed by atoms with Gasteiger partial charge in [-0.1, -0.05) is 29.8 Å². The molecule has 1 fully saturated rings. The van der Waals surface area contributed by atoms with Crippen LogP contribution in [0.25, 0.3) is 11.3 Å². The molecule has 1 amide bonds. The molecule has 0 bridgehead atoms. The van der Waals surface area contributed by atoms with E-state index in [1.807, 2.05) is 31.2 Å². The molecular weight excluding hydrogens is 485 g/mol. The molecule has 9 heteroatoms. The third-order valence-electron chi connectivity index (χ3n) is 4.65. The van der Waals surface area contributed by atoms with E-state index in [-0.39, 0.29) is 42.7 Å². The lowest BCUT2D eigenvalue weighted by Crippen LogP contribution is -2.48. The second-order valence-corrected chi connectivity index (χ2v) is 6.79. The molecule has 0 aliphatic carbocycles. The van der Waals surface area contributed by atoms with Crippen LogP contribution in [0.5, 0.6) is 0 Å². The van der Waals surface area contributed by atoms with Gasteiger partial charge in [-0.15, -0.1) is 24.0 Å². The van der Waals surface area contributed by atoms with Crippen LogP contribution in [-0.4, -0.2) is 47.7 Å². The number of aliphatic imine (C=N–C) groups is 1. The van der Waals surface area contributed by atoms with Crippen molar-refractivity contribution in [3.63, 3.8) is 0 Å². The monoisotopic (exact) mass is 513 g/mol. The number of nitrogens with one attached hydrogen (secondary N) is 1. The molecule has 1 aliphatic heterocycles. The fourth-order valence-electron chi connectivity index (χ4n) is 3.06. The molecule has 0 radical (unpaired) electrons. The summed E-state index contributed by atoms with van der Waals surface area (Å²) >= 11 is 0. The van der Waals surface area contributed by atoms with E-state index >= 15 is 0 Å². The molecule has 0 unspecified atom stereocenters. The van der Waals surface area contributed by atoms with Crippen LogP contribution in [-0.2, 0) is 11.3 Å². The summed E-state index contributed by atoms with van der Waals surface area (Å²) in [6.45, 7) is 5.80. The average Bonchev–Trinajstić information content (AvgIpc) is 3.17. The summed E-state index contributed by atoms with van der Waals surface area (Å²) in [5, 5.41) is 3.20. The molecule has 8 nitrogen and oxygen atoms in total. The standard InChI is InChI=1S/C20H27N5O3.HI/c1-3-27-20(26)25-10-8-16(9-11-25)24-19(21)23-13-18-22-12-17(28-18)15-6-4-14(2)5-7-15;/h4-7,12,16H,3,8-11,13H2,1-2H3,(H3,21,23,24);1H. The topological polar surface area (TPSA) is 106 Å². The Morgan fingerprint density at radius 1 is 1.34 bits per heavy atom. The molecule has 158 valence electrons. The van der Waals surface area contributed by atoms with Gasteiger partial charge in [0.25, 0.3) is 0 Å². The molecule has 0 saturated carbocycles. The number of aromatic nitrogens is 1. The van der Waals surface area contributed by atoms with E-state index < -0.39 is 0 Å². The zero-order chi connectivity index (χ0) is 19.9. The van der Waals surface area contributed by atoms with Gasteiger partial charge in [-0.2, -0.15) is 0 Å². The Kier molecular flexibility index (Phi) is 8.74. The van der Waals surface area contributed by atoms with Crippen molar-refractivity contribution in [3.8, 4) is 11.3 Å². The molecule has 2 aromatic rings. The Balaban J connectivity index is 0.00000300. The van der Waals surface area contributed by atoms with E-state index in [4.69, 9.17) is 14.9 Å². The van der Waals surface area contributed by atoms with E-state index in [1.165, 1.54) is 5.56 Å². The molecular formula is C20H28IN5O3. The SMILES string of the molecule is CCOC(=O)N1CCC(NC(N)=NCc2ncc(-c3ccc(C)cc3)o2)CC1.I. The molecule has 0 atom stereocenters. The number of likely N-dealkylation sites (tertiary alicyclic amines) is 1. The Bertz CT molecular complexity index is 814. The number of piperidine rings is 1. The van der Waals surface area contributed by atoms with Gasteiger partial charge in [0.2, 0.25) is 5.89 Å². The first-order valence-corrected chi connectivity index (χ1v) is 9.55. The van der Waals surface area contributed by atoms with Crippen LogP contribution < -0.4 is 11.1 Å². The number of ether oxygens (including phenoxy) is 1. The number of halogens is 1. The summed E-state index contributed by atoms with van der Waals surface area (Å²) in [7, 11) is 0. The molecule has 3 N–H and O–H groups in total. The van der Waals surface area contributed by atoms with Gasteiger partial charge in [0, 0.05) is 24.7 Å². The molecule has 1 aromatic carbocycles. The first-order valence-electron chi connectivity index (χ1n) is 9.55. The van der Waals surface area contributed by atoms with Crippen LogP contribution >= 0.6 is 24.0 Å². The minimum absolute atomic E-state index is 0. The number of benzene rings is 1. The van der Waals surface area contributed by atoms with Gasteiger partial charge in [-0.25, -0.2) is 14.8 Å². The highest BCUT2D eigenvalue weighted by Crippen LogP contribution is 2.21. The molecule has 29 heavy (non-hydrogen) atoms. The third-order valence-corrected chi connectivity index (χ3v) is 4.65. The summed E-state index contributed by atoms with van der Waals surface area (Å²) < 4.78 is 10.8. The van der Waals surface area contributed by atoms with Crippen molar-refractivity contribution in [2.45, 2.75) is 39.3 Å². The highest BCUT2D eigenvalue weighted by atomic mass is 127. The van der Waals surface area contributed by atoms with Crippen LogP contribution in [0.4, 0.5) is 4.79 Å². The van der Waals surface area contributed by atoms with Crippen molar-refractivity contribution in [1.29, 1.82) is 0 Å². The number of hydrogen-bond donors (Lipinski definition) is 2. The summed E-state index contributed by atoms with van der Waals surface area (Å²) in [5.41, 5.74) is 8.17.